The van der Waals surface area contributed by atoms with Crippen molar-refractivity contribution in [1.29, 1.82) is 0 Å². The molecule has 0 spiro atoms. The molecule has 0 radical (unpaired) electrons. The number of unbranched alkanes of at least 4 members (excludes halogenated alkanes) is 1. The average molecular weight is 208 g/mol. The number of hydrogen-bond acceptors (Lipinski definition) is 4. The second-order valence-electron chi connectivity index (χ2n) is 2.83. The number of carboxylic acids is 1. The van der Waals surface area contributed by atoms with Gasteiger partial charge >= 0.3 is 0 Å². The zero-order valence-corrected chi connectivity index (χ0v) is 8.56. The zero-order valence-electron chi connectivity index (χ0n) is 7.74. The summed E-state index contributed by atoms with van der Waals surface area (Å²) >= 11 is 0. The highest BCUT2D eigenvalue weighted by atomic mass is 32.2. The molecule has 0 rings (SSSR count). The van der Waals surface area contributed by atoms with Crippen molar-refractivity contribution < 1.29 is 18.3 Å². The van der Waals surface area contributed by atoms with E-state index >= 15 is 0 Å². The van der Waals surface area contributed by atoms with Crippen molar-refractivity contribution in [3.8, 4) is 0 Å². The summed E-state index contributed by atoms with van der Waals surface area (Å²) in [6.45, 7) is 3.09. The minimum atomic E-state index is -3.46. The van der Waals surface area contributed by atoms with Crippen molar-refractivity contribution in [1.82, 2.24) is 4.72 Å². The maximum atomic E-state index is 11.1. The molecular weight excluding hydrogens is 194 g/mol. The predicted molar refractivity (Wildman–Crippen MR) is 46.3 cm³/mol. The van der Waals surface area contributed by atoms with Gasteiger partial charge in [0.1, 0.15) is 0 Å². The lowest BCUT2D eigenvalue weighted by Gasteiger charge is -2.14. The van der Waals surface area contributed by atoms with Gasteiger partial charge in [-0.3, -0.25) is 0 Å². The third-order valence-electron chi connectivity index (χ3n) is 1.48. The zero-order chi connectivity index (χ0) is 10.5. The Morgan fingerprint density at radius 3 is 2.46 bits per heavy atom. The van der Waals surface area contributed by atoms with Crippen LogP contribution < -0.4 is 9.83 Å². The van der Waals surface area contributed by atoms with Crippen LogP contribution in [0.5, 0.6) is 0 Å². The number of nitrogens with one attached hydrogen (secondary N) is 1. The van der Waals surface area contributed by atoms with Gasteiger partial charge in [-0.2, -0.15) is 0 Å². The largest absolute Gasteiger partial charge is 0.548 e. The lowest BCUT2D eigenvalue weighted by Crippen LogP contribution is -2.46. The van der Waals surface area contributed by atoms with Gasteiger partial charge in [0.25, 0.3) is 0 Å². The smallest absolute Gasteiger partial charge is 0.212 e. The van der Waals surface area contributed by atoms with Crippen LogP contribution in [-0.2, 0) is 14.8 Å². The van der Waals surface area contributed by atoms with E-state index in [1.54, 1.807) is 0 Å². The topological polar surface area (TPSA) is 86.3 Å². The third-order valence-corrected chi connectivity index (χ3v) is 3.02. The molecule has 0 amide bonds. The second kappa shape index (κ2) is 5.18. The van der Waals surface area contributed by atoms with Gasteiger partial charge in [-0.1, -0.05) is 13.3 Å². The number of carbonyl (C=O) groups excluding carboxylic acids is 1. The van der Waals surface area contributed by atoms with Gasteiger partial charge in [-0.15, -0.1) is 0 Å². The van der Waals surface area contributed by atoms with Gasteiger partial charge < -0.3 is 9.90 Å². The van der Waals surface area contributed by atoms with Crippen LogP contribution in [0.15, 0.2) is 0 Å². The maximum absolute atomic E-state index is 11.1. The van der Waals surface area contributed by atoms with Gasteiger partial charge in [0.2, 0.25) is 10.0 Å². The molecule has 0 fully saturated rings. The minimum absolute atomic E-state index is 0.0406. The first-order chi connectivity index (χ1) is 5.89. The van der Waals surface area contributed by atoms with E-state index in [0.29, 0.717) is 6.42 Å². The van der Waals surface area contributed by atoms with E-state index in [1.165, 1.54) is 6.92 Å². The molecule has 13 heavy (non-hydrogen) atoms. The maximum Gasteiger partial charge on any atom is 0.212 e. The van der Waals surface area contributed by atoms with Crippen molar-refractivity contribution in [2.75, 3.05) is 5.75 Å². The lowest BCUT2D eigenvalue weighted by molar-refractivity contribution is -0.307. The normalized spacial score (nSPS) is 14.0. The van der Waals surface area contributed by atoms with Crippen molar-refractivity contribution in [2.24, 2.45) is 0 Å². The molecule has 0 aromatic carbocycles. The van der Waals surface area contributed by atoms with Crippen LogP contribution in [0.2, 0.25) is 0 Å². The van der Waals surface area contributed by atoms with Crippen LogP contribution in [0.25, 0.3) is 0 Å². The molecule has 0 aromatic heterocycles. The number of hydrogen-bond donors (Lipinski definition) is 1. The SMILES string of the molecule is CCCCS(=O)(=O)N[C@@H](C)C(=O)[O-]. The summed E-state index contributed by atoms with van der Waals surface area (Å²) in [4.78, 5) is 10.2. The second-order valence-corrected chi connectivity index (χ2v) is 4.70. The first kappa shape index (κ1) is 12.4. The molecular formula is C7H14NO4S-. The molecule has 1 N–H and O–H groups in total. The van der Waals surface area contributed by atoms with Crippen LogP contribution >= 0.6 is 0 Å². The van der Waals surface area contributed by atoms with Crippen molar-refractivity contribution in [2.45, 2.75) is 32.7 Å². The van der Waals surface area contributed by atoms with E-state index < -0.39 is 22.0 Å². The van der Waals surface area contributed by atoms with E-state index in [0.717, 1.165) is 6.42 Å². The summed E-state index contributed by atoms with van der Waals surface area (Å²) in [6.07, 6.45) is 1.27. The Bertz CT molecular complexity index is 260. The molecule has 0 saturated heterocycles. The quantitative estimate of drug-likeness (QED) is 0.597. The summed E-state index contributed by atoms with van der Waals surface area (Å²) in [5.74, 6) is -1.46. The summed E-state index contributed by atoms with van der Waals surface area (Å²) in [5, 5.41) is 10.2. The molecule has 0 aromatic rings. The van der Waals surface area contributed by atoms with Crippen LogP contribution in [0.4, 0.5) is 0 Å². The van der Waals surface area contributed by atoms with Crippen LogP contribution in [0, 0.1) is 0 Å². The molecule has 0 saturated carbocycles. The molecule has 0 unspecified atom stereocenters. The molecule has 0 aliphatic rings. The van der Waals surface area contributed by atoms with Gasteiger partial charge in [-0.25, -0.2) is 13.1 Å². The first-order valence-electron chi connectivity index (χ1n) is 4.10. The molecule has 0 aliphatic carbocycles. The van der Waals surface area contributed by atoms with E-state index in [-0.39, 0.29) is 5.75 Å². The fourth-order valence-electron chi connectivity index (χ4n) is 0.711. The monoisotopic (exact) mass is 208 g/mol. The van der Waals surface area contributed by atoms with Gasteiger partial charge in [0, 0.05) is 0 Å². The van der Waals surface area contributed by atoms with Gasteiger partial charge in [0.15, 0.2) is 0 Å². The van der Waals surface area contributed by atoms with Gasteiger partial charge in [-0.05, 0) is 13.3 Å². The van der Waals surface area contributed by atoms with Crippen molar-refractivity contribution in [3.05, 3.63) is 0 Å². The Morgan fingerprint density at radius 1 is 1.54 bits per heavy atom. The summed E-state index contributed by atoms with van der Waals surface area (Å²) in [6, 6.07) is -1.16. The highest BCUT2D eigenvalue weighted by Crippen LogP contribution is 1.94. The first-order valence-corrected chi connectivity index (χ1v) is 5.75. The fraction of sp³-hybridized carbons (Fsp3) is 0.857. The number of aliphatic carboxylic acids is 1. The van der Waals surface area contributed by atoms with Crippen molar-refractivity contribution >= 4 is 16.0 Å². The Kier molecular flexibility index (Phi) is 4.94. The molecule has 0 heterocycles. The average Bonchev–Trinajstić information content (AvgIpc) is 2.00. The van der Waals surface area contributed by atoms with Gasteiger partial charge in [0.05, 0.1) is 17.8 Å². The molecule has 1 atom stereocenters. The van der Waals surface area contributed by atoms with Crippen LogP contribution in [0.1, 0.15) is 26.7 Å². The Labute approximate surface area is 78.2 Å². The highest BCUT2D eigenvalue weighted by Gasteiger charge is 2.13. The number of carboxylic acid groups (broad SMARTS) is 1. The minimum Gasteiger partial charge on any atom is -0.548 e. The van der Waals surface area contributed by atoms with Crippen molar-refractivity contribution in [3.63, 3.8) is 0 Å². The number of carbonyl (C=O) groups is 1. The molecule has 6 heteroatoms. The third kappa shape index (κ3) is 5.59. The van der Waals surface area contributed by atoms with Crippen LogP contribution in [0.3, 0.4) is 0 Å². The molecule has 5 nitrogen and oxygen atoms in total. The van der Waals surface area contributed by atoms with Crippen LogP contribution in [-0.4, -0.2) is 26.2 Å². The number of rotatable bonds is 6. The van der Waals surface area contributed by atoms with E-state index in [1.807, 2.05) is 11.6 Å². The Hall–Kier alpha value is -0.620. The Morgan fingerprint density at radius 2 is 2.08 bits per heavy atom. The van der Waals surface area contributed by atoms with E-state index in [4.69, 9.17) is 0 Å². The molecule has 78 valence electrons. The molecule has 0 aliphatic heterocycles. The van der Waals surface area contributed by atoms with E-state index in [9.17, 15) is 18.3 Å². The summed E-state index contributed by atoms with van der Waals surface area (Å²) in [5.41, 5.74) is 0. The summed E-state index contributed by atoms with van der Waals surface area (Å²) in [7, 11) is -3.46. The highest BCUT2D eigenvalue weighted by molar-refractivity contribution is 7.89. The fourth-order valence-corrected chi connectivity index (χ4v) is 2.13. The lowest BCUT2D eigenvalue weighted by atomic mass is 10.4. The Balaban J connectivity index is 4.10. The predicted octanol–water partition coefficient (Wildman–Crippen LogP) is -1.16. The standard InChI is InChI=1S/C7H15NO4S/c1-3-4-5-13(11,12)8-6(2)7(9)10/h6,8H,3-5H2,1-2H3,(H,9,10)/p-1/t6-/m0/s1. The number of sulfonamides is 1. The summed E-state index contributed by atoms with van der Waals surface area (Å²) < 4.78 is 24.2. The molecule has 0 bridgehead atoms. The van der Waals surface area contributed by atoms with E-state index in [2.05, 4.69) is 0 Å².